The van der Waals surface area contributed by atoms with Crippen LogP contribution in [-0.2, 0) is 46.4 Å². The van der Waals surface area contributed by atoms with Crippen LogP contribution in [0.2, 0.25) is 36.3 Å². The second kappa shape index (κ2) is 32.6. The highest BCUT2D eigenvalue weighted by Crippen LogP contribution is 2.53. The number of nitrogens with zero attached hydrogens (tertiary/aromatic N) is 10. The minimum absolute atomic E-state index is 0. The second-order valence-electron chi connectivity index (χ2n) is 25.3. The van der Waals surface area contributed by atoms with Crippen molar-refractivity contribution in [3.63, 3.8) is 0 Å². The summed E-state index contributed by atoms with van der Waals surface area (Å²) in [6, 6.07) is 5.99. The Morgan fingerprint density at radius 2 is 1.08 bits per heavy atom. The van der Waals surface area contributed by atoms with Crippen LogP contribution in [0.5, 0.6) is 0 Å². The van der Waals surface area contributed by atoms with E-state index in [-0.39, 0.29) is 120 Å². The lowest BCUT2D eigenvalue weighted by Gasteiger charge is -2.42. The highest BCUT2D eigenvalue weighted by Gasteiger charge is 2.55. The molecule has 2 saturated heterocycles. The molecule has 88 heavy (non-hydrogen) atoms. The number of H-pyrrole nitrogens is 2. The van der Waals surface area contributed by atoms with Crippen molar-refractivity contribution in [2.75, 3.05) is 23.8 Å². The normalized spacial score (nSPS) is 20.8. The number of hydrogen-bond acceptors (Lipinski definition) is 21. The average Bonchev–Trinajstić information content (AvgIpc) is 1.74. The fraction of sp³-hybridized carbons (Fsp3) is 0.724. The van der Waals surface area contributed by atoms with E-state index in [0.29, 0.717) is 12.8 Å². The minimum Gasteiger partial charge on any atom is -0.433 e. The molecule has 490 valence electrons. The average molecular weight is 1290 g/mol. The number of amides is 2. The van der Waals surface area contributed by atoms with Gasteiger partial charge in [-0.05, 0) is 76.8 Å². The van der Waals surface area contributed by atoms with Crippen molar-refractivity contribution in [1.82, 2.24) is 43.7 Å². The SMILES string of the molecule is C.CC#N.CC[C@H]1OC(n2cnc3c(=O)[nH]c(NC(=O)C(C)C)nc32)[C@H](OP(OCCC#N)N(C(C)C)C(C)C)[C@@H]1O[Si](C)(C)C(C)(C)C.CC[C@H]1O[C@@H](n2cnc3c(=O)[nH]c(NC(=O)C(C)C)nc32)[C@H](OC(=O)OCCC#N)[C@@H]1O[Si](C)(C)C(C)(C)C. The standard InChI is InChI=1S/C30H52N7O6PSi.C25H38N6O7Si.C2H3N.CH4/c1-13-21-23(43-45(11,12)30(8,9)10)24(42-44(40-16-14-15-31)37(19(4)5)20(6)7)28(41-21)36-17-32-22-25(36)33-29(35-27(22)39)34-26(38)18(2)3;1-9-15-17(38-39(7,8)25(4,5)6)18(37-24(34)35-12-10-11-26)22(36-15)31-13-27-16-19(31)28-23(30-21(16)33)29-20(32)14(2)3;1-2-3;/h17-21,23-24,28H,13-14,16H2,1-12H3,(H2,33,34,35,38,39);13-15,17-18,22H,9-10,12H2,1-8H3,(H2,28,29,30,32,33);1H3;1H4/t21-,23-,24-,28?,44?;15-,17-,18-,22-;;/m11../s1. The summed E-state index contributed by atoms with van der Waals surface area (Å²) in [6.07, 6.45) is -1.92. The molecular formula is C58H97N14O13PSi2. The lowest BCUT2D eigenvalue weighted by atomic mass is 10.1. The Morgan fingerprint density at radius 1 is 0.693 bits per heavy atom. The van der Waals surface area contributed by atoms with E-state index in [0.717, 1.165) is 0 Å². The summed E-state index contributed by atoms with van der Waals surface area (Å²) in [4.78, 5) is 85.9. The fourth-order valence-corrected chi connectivity index (χ4v) is 13.0. The van der Waals surface area contributed by atoms with Crippen LogP contribution < -0.4 is 21.8 Å². The lowest BCUT2D eigenvalue weighted by molar-refractivity contribution is -0.119. The predicted molar refractivity (Wildman–Crippen MR) is 340 cm³/mol. The molecular weight excluding hydrogens is 1190 g/mol. The molecule has 2 amide bonds. The van der Waals surface area contributed by atoms with Gasteiger partial charge in [-0.25, -0.2) is 19.4 Å². The molecule has 0 bridgehead atoms. The van der Waals surface area contributed by atoms with E-state index in [1.807, 2.05) is 19.9 Å². The number of carbonyl (C=O) groups is 3. The Kier molecular flexibility index (Phi) is 28.3. The monoisotopic (exact) mass is 1280 g/mol. The molecule has 0 saturated carbocycles. The van der Waals surface area contributed by atoms with Gasteiger partial charge in [-0.2, -0.15) is 25.8 Å². The molecule has 2 fully saturated rings. The second-order valence-corrected chi connectivity index (χ2v) is 36.2. The number of ether oxygens (including phenoxy) is 4. The molecule has 0 aliphatic carbocycles. The molecule has 6 rings (SSSR count). The maximum absolute atomic E-state index is 13.0. The summed E-state index contributed by atoms with van der Waals surface area (Å²) in [5.41, 5.74) is -0.512. The van der Waals surface area contributed by atoms with E-state index < -0.39 is 85.4 Å². The highest BCUT2D eigenvalue weighted by atomic mass is 31.2. The van der Waals surface area contributed by atoms with Gasteiger partial charge in [0.15, 0.2) is 57.5 Å². The lowest BCUT2D eigenvalue weighted by Crippen LogP contribution is -2.50. The number of imidazole rings is 2. The largest absolute Gasteiger partial charge is 0.508 e. The van der Waals surface area contributed by atoms with Crippen molar-refractivity contribution in [2.45, 2.75) is 248 Å². The Hall–Kier alpha value is -6.04. The number of carbonyl (C=O) groups excluding carboxylic acids is 3. The first-order valence-electron chi connectivity index (χ1n) is 29.5. The van der Waals surface area contributed by atoms with Gasteiger partial charge in [0.1, 0.15) is 24.9 Å². The third-order valence-electron chi connectivity index (χ3n) is 15.3. The van der Waals surface area contributed by atoms with Crippen LogP contribution in [0, 0.1) is 45.8 Å². The van der Waals surface area contributed by atoms with Crippen molar-refractivity contribution < 1.29 is 51.2 Å². The fourth-order valence-electron chi connectivity index (χ4n) is 8.67. The summed E-state index contributed by atoms with van der Waals surface area (Å²) in [5, 5.41) is 30.4. The first-order valence-corrected chi connectivity index (χ1v) is 36.5. The minimum atomic E-state index is -2.37. The highest BCUT2D eigenvalue weighted by molar-refractivity contribution is 7.44. The molecule has 6 heterocycles. The maximum atomic E-state index is 13.0. The molecule has 4 N–H and O–H groups in total. The predicted octanol–water partition coefficient (Wildman–Crippen LogP) is 11.1. The molecule has 2 aliphatic rings. The summed E-state index contributed by atoms with van der Waals surface area (Å²) in [6.45, 7) is 42.2. The van der Waals surface area contributed by atoms with E-state index in [1.54, 1.807) is 38.3 Å². The number of anilines is 2. The van der Waals surface area contributed by atoms with Gasteiger partial charge in [-0.3, -0.25) is 48.9 Å². The third kappa shape index (κ3) is 19.0. The van der Waals surface area contributed by atoms with Crippen molar-refractivity contribution in [2.24, 2.45) is 11.8 Å². The third-order valence-corrected chi connectivity index (χ3v) is 26.4. The van der Waals surface area contributed by atoms with E-state index in [2.05, 4.69) is 147 Å². The van der Waals surface area contributed by atoms with Crippen LogP contribution in [0.15, 0.2) is 22.2 Å². The Morgan fingerprint density at radius 3 is 1.44 bits per heavy atom. The molecule has 2 aliphatic heterocycles. The molecule has 4 aromatic rings. The first kappa shape index (κ1) is 76.2. The van der Waals surface area contributed by atoms with Crippen molar-refractivity contribution >= 4 is 77.4 Å². The number of nitriles is 3. The van der Waals surface area contributed by atoms with E-state index in [1.165, 1.54) is 24.1 Å². The van der Waals surface area contributed by atoms with Gasteiger partial charge in [0, 0.05) is 30.8 Å². The Labute approximate surface area is 521 Å². The van der Waals surface area contributed by atoms with Gasteiger partial charge in [-0.15, -0.1) is 0 Å². The molecule has 9 atom stereocenters. The topological polar surface area (TPSA) is 351 Å². The molecule has 30 heteroatoms. The van der Waals surface area contributed by atoms with Crippen molar-refractivity contribution in [3.05, 3.63) is 33.4 Å². The van der Waals surface area contributed by atoms with Crippen LogP contribution in [0.3, 0.4) is 0 Å². The van der Waals surface area contributed by atoms with Crippen molar-refractivity contribution in [1.29, 1.82) is 15.8 Å². The van der Waals surface area contributed by atoms with Crippen LogP contribution in [0.1, 0.15) is 163 Å². The molecule has 0 aromatic carbocycles. The van der Waals surface area contributed by atoms with E-state index in [4.69, 9.17) is 47.4 Å². The molecule has 0 radical (unpaired) electrons. The maximum Gasteiger partial charge on any atom is 0.508 e. The number of hydrogen-bond donors (Lipinski definition) is 4. The number of nitrogens with one attached hydrogen (secondary N) is 4. The molecule has 0 spiro atoms. The van der Waals surface area contributed by atoms with Gasteiger partial charge in [-0.1, -0.05) is 90.5 Å². The van der Waals surface area contributed by atoms with Crippen LogP contribution in [-0.4, -0.2) is 140 Å². The van der Waals surface area contributed by atoms with Crippen molar-refractivity contribution in [3.8, 4) is 18.2 Å². The smallest absolute Gasteiger partial charge is 0.433 e. The number of aromatic amines is 2. The zero-order valence-corrected chi connectivity index (χ0v) is 57.4. The van der Waals surface area contributed by atoms with Crippen LogP contribution >= 0.6 is 8.53 Å². The summed E-state index contributed by atoms with van der Waals surface area (Å²) < 4.78 is 56.4. The molecule has 2 unspecified atom stereocenters. The Balaban J connectivity index is 0.000000439. The summed E-state index contributed by atoms with van der Waals surface area (Å²) >= 11 is 0. The number of rotatable bonds is 23. The zero-order chi connectivity index (χ0) is 65.7. The van der Waals surface area contributed by atoms with Gasteiger partial charge in [0.2, 0.25) is 23.7 Å². The van der Waals surface area contributed by atoms with E-state index >= 15 is 0 Å². The summed E-state index contributed by atoms with van der Waals surface area (Å²) in [7, 11) is -6.36. The van der Waals surface area contributed by atoms with Gasteiger partial charge < -0.3 is 36.8 Å². The quantitative estimate of drug-likeness (QED) is 0.0232. The first-order chi connectivity index (χ1) is 40.5. The van der Waals surface area contributed by atoms with E-state index in [9.17, 15) is 29.2 Å². The Bertz CT molecular complexity index is 3200. The summed E-state index contributed by atoms with van der Waals surface area (Å²) in [5.74, 6) is -1.26. The van der Waals surface area contributed by atoms with Gasteiger partial charge >= 0.3 is 6.16 Å². The number of aromatic nitrogens is 8. The van der Waals surface area contributed by atoms with Crippen LogP contribution in [0.25, 0.3) is 22.3 Å². The molecule has 4 aromatic heterocycles. The van der Waals surface area contributed by atoms with Crippen LogP contribution in [0.4, 0.5) is 16.7 Å². The van der Waals surface area contributed by atoms with Gasteiger partial charge in [0.25, 0.3) is 19.6 Å². The molecule has 27 nitrogen and oxygen atoms in total. The zero-order valence-electron chi connectivity index (χ0n) is 54.6. The number of fused-ring (bicyclic) bond motifs is 2. The van der Waals surface area contributed by atoms with Gasteiger partial charge in [0.05, 0.1) is 62.5 Å².